The smallest absolute Gasteiger partial charge is 0.286 e. The van der Waals surface area contributed by atoms with Crippen molar-refractivity contribution in [2.24, 2.45) is 5.92 Å². The molecule has 7 nitrogen and oxygen atoms in total. The summed E-state index contributed by atoms with van der Waals surface area (Å²) in [5.41, 5.74) is 0. The van der Waals surface area contributed by atoms with E-state index in [1.54, 1.807) is 12.1 Å². The topological polar surface area (TPSA) is 88.3 Å². The summed E-state index contributed by atoms with van der Waals surface area (Å²) in [5, 5.41) is 11.8. The van der Waals surface area contributed by atoms with Gasteiger partial charge in [0.25, 0.3) is 5.91 Å². The second kappa shape index (κ2) is 8.48. The van der Waals surface area contributed by atoms with Gasteiger partial charge in [0.05, 0.1) is 12.0 Å². The highest BCUT2D eigenvalue weighted by molar-refractivity contribution is 8.01. The molecule has 9 heteroatoms. The van der Waals surface area contributed by atoms with Crippen LogP contribution in [0.5, 0.6) is 0 Å². The Morgan fingerprint density at radius 2 is 2.36 bits per heavy atom. The number of thioether (sulfide) groups is 1. The first-order valence-corrected chi connectivity index (χ1v) is 9.94. The van der Waals surface area contributed by atoms with Crippen molar-refractivity contribution in [3.05, 3.63) is 29.2 Å². The minimum absolute atomic E-state index is 0.111. The molecule has 0 saturated carbocycles. The zero-order chi connectivity index (χ0) is 17.6. The van der Waals surface area contributed by atoms with Gasteiger partial charge in [-0.2, -0.15) is 0 Å². The second-order valence-electron chi connectivity index (χ2n) is 5.91. The molecule has 0 aliphatic carbocycles. The highest BCUT2D eigenvalue weighted by atomic mass is 32.2. The second-order valence-corrected chi connectivity index (χ2v) is 8.32. The standard InChI is InChI=1S/C16H20N4O3S2/c1-11-18-19-16(25-11)24-10-14(21)20-6-2-4-12(9-20)8-17-15(22)13-5-3-7-23-13/h3,5,7,12H,2,4,6,8-10H2,1H3,(H,17,22). The molecule has 1 atom stereocenters. The van der Waals surface area contributed by atoms with Crippen LogP contribution in [-0.2, 0) is 4.79 Å². The minimum atomic E-state index is -0.212. The van der Waals surface area contributed by atoms with Crippen LogP contribution in [0, 0.1) is 12.8 Å². The zero-order valence-corrected chi connectivity index (χ0v) is 15.6. The number of carbonyl (C=O) groups excluding carboxylic acids is 2. The van der Waals surface area contributed by atoms with Crippen LogP contribution in [0.25, 0.3) is 0 Å². The van der Waals surface area contributed by atoms with E-state index >= 15 is 0 Å². The summed E-state index contributed by atoms with van der Waals surface area (Å²) in [6, 6.07) is 3.32. The quantitative estimate of drug-likeness (QED) is 0.773. The fourth-order valence-electron chi connectivity index (χ4n) is 2.74. The van der Waals surface area contributed by atoms with Crippen LogP contribution in [0.1, 0.15) is 28.4 Å². The highest BCUT2D eigenvalue weighted by Crippen LogP contribution is 2.23. The maximum atomic E-state index is 12.4. The van der Waals surface area contributed by atoms with E-state index in [0.29, 0.717) is 24.6 Å². The number of aromatic nitrogens is 2. The molecule has 1 aliphatic rings. The summed E-state index contributed by atoms with van der Waals surface area (Å²) in [7, 11) is 0. The molecule has 0 bridgehead atoms. The zero-order valence-electron chi connectivity index (χ0n) is 13.9. The van der Waals surface area contributed by atoms with Crippen molar-refractivity contribution in [3.63, 3.8) is 0 Å². The van der Waals surface area contributed by atoms with Gasteiger partial charge in [-0.05, 0) is 37.8 Å². The van der Waals surface area contributed by atoms with E-state index in [1.807, 2.05) is 11.8 Å². The maximum absolute atomic E-state index is 12.4. The Labute approximate surface area is 154 Å². The normalized spacial score (nSPS) is 17.5. The van der Waals surface area contributed by atoms with Gasteiger partial charge in [0, 0.05) is 19.6 Å². The number of hydrogen-bond acceptors (Lipinski definition) is 7. The van der Waals surface area contributed by atoms with Gasteiger partial charge in [0.15, 0.2) is 10.1 Å². The van der Waals surface area contributed by atoms with Crippen molar-refractivity contribution in [2.75, 3.05) is 25.4 Å². The number of carbonyl (C=O) groups is 2. The van der Waals surface area contributed by atoms with E-state index in [-0.39, 0.29) is 17.7 Å². The van der Waals surface area contributed by atoms with E-state index in [0.717, 1.165) is 28.7 Å². The van der Waals surface area contributed by atoms with Gasteiger partial charge in [0.1, 0.15) is 5.01 Å². The molecule has 1 aliphatic heterocycles. The maximum Gasteiger partial charge on any atom is 0.286 e. The number of rotatable bonds is 6. The molecule has 1 saturated heterocycles. The lowest BCUT2D eigenvalue weighted by Gasteiger charge is -2.32. The van der Waals surface area contributed by atoms with Crippen LogP contribution < -0.4 is 5.32 Å². The molecule has 0 spiro atoms. The number of nitrogens with one attached hydrogen (secondary N) is 1. The van der Waals surface area contributed by atoms with Gasteiger partial charge < -0.3 is 14.6 Å². The molecule has 134 valence electrons. The number of piperidine rings is 1. The summed E-state index contributed by atoms with van der Waals surface area (Å²) in [6.45, 7) is 3.89. The van der Waals surface area contributed by atoms with Crippen LogP contribution in [0.4, 0.5) is 0 Å². The van der Waals surface area contributed by atoms with Gasteiger partial charge in [-0.1, -0.05) is 23.1 Å². The molecule has 25 heavy (non-hydrogen) atoms. The van der Waals surface area contributed by atoms with E-state index in [4.69, 9.17) is 4.42 Å². The summed E-state index contributed by atoms with van der Waals surface area (Å²) in [6.07, 6.45) is 3.44. The third kappa shape index (κ3) is 5.05. The average Bonchev–Trinajstić information content (AvgIpc) is 3.29. The van der Waals surface area contributed by atoms with Gasteiger partial charge in [-0.25, -0.2) is 0 Å². The number of aryl methyl sites for hydroxylation is 1. The fourth-order valence-corrected chi connectivity index (χ4v) is 4.46. The van der Waals surface area contributed by atoms with Crippen molar-refractivity contribution in [1.29, 1.82) is 0 Å². The number of nitrogens with zero attached hydrogens (tertiary/aromatic N) is 3. The lowest BCUT2D eigenvalue weighted by Crippen LogP contribution is -2.44. The largest absolute Gasteiger partial charge is 0.459 e. The Hall–Kier alpha value is -1.87. The molecule has 0 aromatic carbocycles. The Kier molecular flexibility index (Phi) is 6.09. The Balaban J connectivity index is 1.43. The molecule has 1 fully saturated rings. The third-order valence-corrected chi connectivity index (χ3v) is 5.95. The lowest BCUT2D eigenvalue weighted by molar-refractivity contribution is -0.130. The van der Waals surface area contributed by atoms with Crippen molar-refractivity contribution in [3.8, 4) is 0 Å². The summed E-state index contributed by atoms with van der Waals surface area (Å²) in [4.78, 5) is 26.2. The van der Waals surface area contributed by atoms with E-state index in [1.165, 1.54) is 29.4 Å². The van der Waals surface area contributed by atoms with Crippen LogP contribution in [-0.4, -0.2) is 52.3 Å². The van der Waals surface area contributed by atoms with E-state index < -0.39 is 0 Å². The first kappa shape index (κ1) is 17.9. The molecular weight excluding hydrogens is 360 g/mol. The van der Waals surface area contributed by atoms with Crippen LogP contribution in [0.15, 0.2) is 27.2 Å². The monoisotopic (exact) mass is 380 g/mol. The van der Waals surface area contributed by atoms with Crippen molar-refractivity contribution in [1.82, 2.24) is 20.4 Å². The number of furan rings is 1. The predicted octanol–water partition coefficient (Wildman–Crippen LogP) is 2.20. The number of amides is 2. The molecule has 2 aromatic rings. The molecule has 1 N–H and O–H groups in total. The molecule has 3 rings (SSSR count). The van der Waals surface area contributed by atoms with E-state index in [9.17, 15) is 9.59 Å². The summed E-state index contributed by atoms with van der Waals surface area (Å²) < 4.78 is 5.91. The van der Waals surface area contributed by atoms with Crippen LogP contribution in [0.3, 0.4) is 0 Å². The fraction of sp³-hybridized carbons (Fsp3) is 0.500. The van der Waals surface area contributed by atoms with Crippen molar-refractivity contribution in [2.45, 2.75) is 24.1 Å². The van der Waals surface area contributed by atoms with Gasteiger partial charge in [-0.15, -0.1) is 10.2 Å². The molecule has 2 amide bonds. The molecule has 1 unspecified atom stereocenters. The summed E-state index contributed by atoms with van der Waals surface area (Å²) in [5.74, 6) is 0.855. The number of hydrogen-bond donors (Lipinski definition) is 1. The van der Waals surface area contributed by atoms with Crippen molar-refractivity contribution >= 4 is 34.9 Å². The first-order valence-electron chi connectivity index (χ1n) is 8.14. The van der Waals surface area contributed by atoms with Gasteiger partial charge >= 0.3 is 0 Å². The summed E-state index contributed by atoms with van der Waals surface area (Å²) >= 11 is 2.93. The number of likely N-dealkylation sites (tertiary alicyclic amines) is 1. The molecule has 2 aromatic heterocycles. The van der Waals surface area contributed by atoms with Crippen LogP contribution in [0.2, 0.25) is 0 Å². The predicted molar refractivity (Wildman–Crippen MR) is 95.7 cm³/mol. The SMILES string of the molecule is Cc1nnc(SCC(=O)N2CCCC(CNC(=O)c3ccco3)C2)s1. The molecule has 0 radical (unpaired) electrons. The third-order valence-electron chi connectivity index (χ3n) is 3.99. The van der Waals surface area contributed by atoms with Crippen LogP contribution >= 0.6 is 23.1 Å². The van der Waals surface area contributed by atoms with Gasteiger partial charge in [-0.3, -0.25) is 9.59 Å². The van der Waals surface area contributed by atoms with Crippen molar-refractivity contribution < 1.29 is 14.0 Å². The Morgan fingerprint density at radius 1 is 1.48 bits per heavy atom. The Bertz CT molecular complexity index is 717. The molecule has 3 heterocycles. The van der Waals surface area contributed by atoms with Gasteiger partial charge in [0.2, 0.25) is 5.91 Å². The average molecular weight is 380 g/mol. The first-order chi connectivity index (χ1) is 12.1. The Morgan fingerprint density at radius 3 is 3.08 bits per heavy atom. The minimum Gasteiger partial charge on any atom is -0.459 e. The molecular formula is C16H20N4O3S2. The highest BCUT2D eigenvalue weighted by Gasteiger charge is 2.24. The van der Waals surface area contributed by atoms with E-state index in [2.05, 4.69) is 15.5 Å². The lowest BCUT2D eigenvalue weighted by atomic mass is 9.98.